The van der Waals surface area contributed by atoms with Gasteiger partial charge in [0.2, 0.25) is 0 Å². The summed E-state index contributed by atoms with van der Waals surface area (Å²) in [7, 11) is 1.66. The Morgan fingerprint density at radius 3 is 2.40 bits per heavy atom. The van der Waals surface area contributed by atoms with Crippen molar-refractivity contribution in [2.24, 2.45) is 0 Å². The molecule has 2 aromatic rings. The average Bonchev–Trinajstić information content (AvgIpc) is 2.50. The Hall–Kier alpha value is -2.46. The number of ether oxygens (including phenoxy) is 1. The zero-order valence-electron chi connectivity index (χ0n) is 11.7. The lowest BCUT2D eigenvalue weighted by atomic mass is 10.0. The van der Waals surface area contributed by atoms with Crippen LogP contribution in [0.5, 0.6) is 0 Å². The zero-order valence-corrected chi connectivity index (χ0v) is 11.7. The van der Waals surface area contributed by atoms with Gasteiger partial charge in [-0.15, -0.1) is 0 Å². The molecule has 0 aliphatic rings. The molecule has 0 unspecified atom stereocenters. The molecule has 0 amide bonds. The quantitative estimate of drug-likeness (QED) is 0.598. The molecule has 20 heavy (non-hydrogen) atoms. The molecule has 1 nitrogen and oxygen atoms in total. The minimum Gasteiger partial charge on any atom is -0.505 e. The van der Waals surface area contributed by atoms with Crippen LogP contribution in [0.4, 0.5) is 0 Å². The summed E-state index contributed by atoms with van der Waals surface area (Å²) >= 11 is 0. The Kier molecular flexibility index (Phi) is 5.49. The third kappa shape index (κ3) is 4.33. The van der Waals surface area contributed by atoms with Gasteiger partial charge in [-0.1, -0.05) is 54.3 Å². The van der Waals surface area contributed by atoms with E-state index in [1.807, 2.05) is 36.4 Å². The molecule has 0 fully saturated rings. The lowest BCUT2D eigenvalue weighted by molar-refractivity contribution is 0.337. The summed E-state index contributed by atoms with van der Waals surface area (Å²) in [6.07, 6.45) is 5.37. The third-order valence-electron chi connectivity index (χ3n) is 2.97. The van der Waals surface area contributed by atoms with E-state index in [2.05, 4.69) is 36.1 Å². The predicted molar refractivity (Wildman–Crippen MR) is 83.3 cm³/mol. The first-order chi connectivity index (χ1) is 9.90. The Balaban J connectivity index is 2.06. The van der Waals surface area contributed by atoms with Crippen LogP contribution in [0.25, 0.3) is 0 Å². The fraction of sp³-hybridized carbons (Fsp3) is 0.158. The molecule has 100 valence electrons. The SMILES string of the molecule is COC=CCc1ccccc1CC#Cc1ccccc1. The maximum Gasteiger partial charge on any atom is 0.0788 e. The summed E-state index contributed by atoms with van der Waals surface area (Å²) in [5, 5.41) is 0. The topological polar surface area (TPSA) is 9.23 Å². The highest BCUT2D eigenvalue weighted by Gasteiger charge is 1.98. The van der Waals surface area contributed by atoms with Crippen LogP contribution in [0.3, 0.4) is 0 Å². The Morgan fingerprint density at radius 2 is 1.65 bits per heavy atom. The van der Waals surface area contributed by atoms with E-state index in [1.165, 1.54) is 11.1 Å². The van der Waals surface area contributed by atoms with E-state index < -0.39 is 0 Å². The summed E-state index contributed by atoms with van der Waals surface area (Å²) in [6, 6.07) is 18.5. The molecule has 0 N–H and O–H groups in total. The summed E-state index contributed by atoms with van der Waals surface area (Å²) in [4.78, 5) is 0. The van der Waals surface area contributed by atoms with Crippen molar-refractivity contribution in [2.75, 3.05) is 7.11 Å². The molecule has 2 rings (SSSR count). The summed E-state index contributed by atoms with van der Waals surface area (Å²) in [6.45, 7) is 0. The van der Waals surface area contributed by atoms with Gasteiger partial charge in [0, 0.05) is 12.0 Å². The molecule has 0 aliphatic carbocycles. The Labute approximate surface area is 120 Å². The summed E-state index contributed by atoms with van der Waals surface area (Å²) in [5.41, 5.74) is 3.63. The molecule has 0 spiro atoms. The maximum atomic E-state index is 4.93. The van der Waals surface area contributed by atoms with Gasteiger partial charge >= 0.3 is 0 Å². The fourth-order valence-corrected chi connectivity index (χ4v) is 1.96. The van der Waals surface area contributed by atoms with E-state index in [4.69, 9.17) is 4.74 Å². The van der Waals surface area contributed by atoms with Crippen LogP contribution in [0.2, 0.25) is 0 Å². The number of benzene rings is 2. The molecule has 0 aliphatic heterocycles. The van der Waals surface area contributed by atoms with E-state index in [9.17, 15) is 0 Å². The lowest BCUT2D eigenvalue weighted by Gasteiger charge is -2.03. The number of methoxy groups -OCH3 is 1. The van der Waals surface area contributed by atoms with Crippen molar-refractivity contribution in [3.05, 3.63) is 83.6 Å². The molecular weight excluding hydrogens is 244 g/mol. The standard InChI is InChI=1S/C19H18O/c1-20-16-8-15-19-13-6-5-12-18(19)14-7-11-17-9-3-2-4-10-17/h2-6,8-10,12-13,16H,14-15H2,1H3. The lowest BCUT2D eigenvalue weighted by Crippen LogP contribution is -1.91. The smallest absolute Gasteiger partial charge is 0.0788 e. The number of hydrogen-bond acceptors (Lipinski definition) is 1. The van der Waals surface area contributed by atoms with Crippen LogP contribution >= 0.6 is 0 Å². The van der Waals surface area contributed by atoms with E-state index in [0.717, 1.165) is 18.4 Å². The second-order valence-corrected chi connectivity index (χ2v) is 4.42. The first-order valence-electron chi connectivity index (χ1n) is 6.68. The summed E-state index contributed by atoms with van der Waals surface area (Å²) < 4.78 is 4.93. The van der Waals surface area contributed by atoms with Gasteiger partial charge in [0.25, 0.3) is 0 Å². The molecule has 0 radical (unpaired) electrons. The maximum absolute atomic E-state index is 4.93. The van der Waals surface area contributed by atoms with Gasteiger partial charge in [-0.3, -0.25) is 0 Å². The van der Waals surface area contributed by atoms with Crippen LogP contribution < -0.4 is 0 Å². The van der Waals surface area contributed by atoms with Crippen LogP contribution in [0.15, 0.2) is 66.9 Å². The van der Waals surface area contributed by atoms with Crippen LogP contribution in [-0.4, -0.2) is 7.11 Å². The largest absolute Gasteiger partial charge is 0.505 e. The minimum absolute atomic E-state index is 0.770. The van der Waals surface area contributed by atoms with Gasteiger partial charge in [-0.05, 0) is 35.8 Å². The molecule has 0 saturated carbocycles. The van der Waals surface area contributed by atoms with Crippen LogP contribution in [-0.2, 0) is 17.6 Å². The van der Waals surface area contributed by atoms with Crippen LogP contribution in [0.1, 0.15) is 16.7 Å². The number of allylic oxidation sites excluding steroid dienone is 1. The highest BCUT2D eigenvalue weighted by atomic mass is 16.5. The van der Waals surface area contributed by atoms with E-state index >= 15 is 0 Å². The van der Waals surface area contributed by atoms with E-state index in [1.54, 1.807) is 13.4 Å². The molecular formula is C19H18O. The van der Waals surface area contributed by atoms with Crippen molar-refractivity contribution in [2.45, 2.75) is 12.8 Å². The molecule has 2 aromatic carbocycles. The summed E-state index contributed by atoms with van der Waals surface area (Å²) in [5.74, 6) is 6.44. The van der Waals surface area contributed by atoms with Crippen molar-refractivity contribution >= 4 is 0 Å². The van der Waals surface area contributed by atoms with Crippen molar-refractivity contribution < 1.29 is 4.74 Å². The van der Waals surface area contributed by atoms with Crippen LogP contribution in [0, 0.1) is 11.8 Å². The highest BCUT2D eigenvalue weighted by Crippen LogP contribution is 2.10. The van der Waals surface area contributed by atoms with Gasteiger partial charge in [-0.25, -0.2) is 0 Å². The van der Waals surface area contributed by atoms with Gasteiger partial charge in [0.05, 0.1) is 13.4 Å². The molecule has 0 heterocycles. The van der Waals surface area contributed by atoms with Crippen molar-refractivity contribution in [1.82, 2.24) is 0 Å². The van der Waals surface area contributed by atoms with Crippen molar-refractivity contribution in [1.29, 1.82) is 0 Å². The molecule has 0 atom stereocenters. The predicted octanol–water partition coefficient (Wildman–Crippen LogP) is 3.98. The molecule has 0 saturated heterocycles. The second kappa shape index (κ2) is 7.86. The number of rotatable bonds is 4. The van der Waals surface area contributed by atoms with E-state index in [-0.39, 0.29) is 0 Å². The first-order valence-corrected chi connectivity index (χ1v) is 6.68. The van der Waals surface area contributed by atoms with Gasteiger partial charge in [0.15, 0.2) is 0 Å². The third-order valence-corrected chi connectivity index (χ3v) is 2.97. The second-order valence-electron chi connectivity index (χ2n) is 4.42. The first kappa shape index (κ1) is 14.0. The highest BCUT2D eigenvalue weighted by molar-refractivity contribution is 5.37. The fourth-order valence-electron chi connectivity index (χ4n) is 1.96. The normalized spacial score (nSPS) is 10.1. The Morgan fingerprint density at radius 1 is 0.950 bits per heavy atom. The minimum atomic E-state index is 0.770. The molecule has 0 bridgehead atoms. The number of hydrogen-bond donors (Lipinski definition) is 0. The van der Waals surface area contributed by atoms with E-state index in [0.29, 0.717) is 0 Å². The molecule has 0 aromatic heterocycles. The molecule has 1 heteroatoms. The average molecular weight is 262 g/mol. The Bertz CT molecular complexity index is 615. The monoisotopic (exact) mass is 262 g/mol. The van der Waals surface area contributed by atoms with Crippen molar-refractivity contribution in [3.63, 3.8) is 0 Å². The zero-order chi connectivity index (χ0) is 14.0. The van der Waals surface area contributed by atoms with Gasteiger partial charge < -0.3 is 4.74 Å². The van der Waals surface area contributed by atoms with Crippen molar-refractivity contribution in [3.8, 4) is 11.8 Å². The van der Waals surface area contributed by atoms with Gasteiger partial charge in [-0.2, -0.15) is 0 Å². The van der Waals surface area contributed by atoms with Gasteiger partial charge in [0.1, 0.15) is 0 Å².